The zero-order valence-corrected chi connectivity index (χ0v) is 15.6. The summed E-state index contributed by atoms with van der Waals surface area (Å²) in [4.78, 5) is 41.4. The molecule has 8 nitrogen and oxygen atoms in total. The molecular weight excluding hydrogens is 360 g/mol. The SMILES string of the molecule is Cc1ccnc(NC(=O)C2CCN(C(=O)Cc3ccccc3[N+](=O)[O-])CC2)c1. The molecule has 146 valence electrons. The number of piperidine rings is 1. The quantitative estimate of drug-likeness (QED) is 0.632. The number of likely N-dealkylation sites (tertiary alicyclic amines) is 1. The van der Waals surface area contributed by atoms with Crippen LogP contribution < -0.4 is 5.32 Å². The first-order valence-electron chi connectivity index (χ1n) is 9.17. The largest absolute Gasteiger partial charge is 0.342 e. The van der Waals surface area contributed by atoms with E-state index in [1.807, 2.05) is 19.1 Å². The van der Waals surface area contributed by atoms with Gasteiger partial charge in [-0.1, -0.05) is 18.2 Å². The predicted molar refractivity (Wildman–Crippen MR) is 104 cm³/mol. The van der Waals surface area contributed by atoms with Crippen molar-refractivity contribution in [3.63, 3.8) is 0 Å². The molecule has 1 saturated heterocycles. The number of nitro benzene ring substituents is 1. The van der Waals surface area contributed by atoms with Crippen LogP contribution in [0.15, 0.2) is 42.6 Å². The predicted octanol–water partition coefficient (Wildman–Crippen LogP) is 2.72. The van der Waals surface area contributed by atoms with Gasteiger partial charge >= 0.3 is 0 Å². The van der Waals surface area contributed by atoms with Gasteiger partial charge in [-0.25, -0.2) is 4.98 Å². The molecule has 8 heteroatoms. The number of carbonyl (C=O) groups is 2. The first-order valence-corrected chi connectivity index (χ1v) is 9.17. The average molecular weight is 382 g/mol. The number of aryl methyl sites for hydroxylation is 1. The third-order valence-corrected chi connectivity index (χ3v) is 4.92. The molecule has 1 aliphatic heterocycles. The second kappa shape index (κ2) is 8.60. The number of para-hydroxylation sites is 1. The monoisotopic (exact) mass is 382 g/mol. The Hall–Kier alpha value is -3.29. The highest BCUT2D eigenvalue weighted by Gasteiger charge is 2.28. The minimum Gasteiger partial charge on any atom is -0.342 e. The fourth-order valence-corrected chi connectivity index (χ4v) is 3.34. The first-order chi connectivity index (χ1) is 13.4. The number of hydrogen-bond donors (Lipinski definition) is 1. The van der Waals surface area contributed by atoms with Gasteiger partial charge in [-0.05, 0) is 37.5 Å². The molecule has 0 unspecified atom stereocenters. The van der Waals surface area contributed by atoms with Crippen molar-refractivity contribution < 1.29 is 14.5 Å². The topological polar surface area (TPSA) is 105 Å². The van der Waals surface area contributed by atoms with Crippen molar-refractivity contribution in [1.29, 1.82) is 0 Å². The summed E-state index contributed by atoms with van der Waals surface area (Å²) in [5, 5.41) is 13.9. The van der Waals surface area contributed by atoms with Crippen molar-refractivity contribution in [3.8, 4) is 0 Å². The van der Waals surface area contributed by atoms with E-state index in [-0.39, 0.29) is 29.8 Å². The summed E-state index contributed by atoms with van der Waals surface area (Å²) in [5.74, 6) is 0.0923. The third kappa shape index (κ3) is 4.70. The Morgan fingerprint density at radius 2 is 1.96 bits per heavy atom. The van der Waals surface area contributed by atoms with Gasteiger partial charge < -0.3 is 10.2 Å². The van der Waals surface area contributed by atoms with E-state index >= 15 is 0 Å². The molecule has 1 aromatic carbocycles. The number of nitrogens with one attached hydrogen (secondary N) is 1. The summed E-state index contributed by atoms with van der Waals surface area (Å²) in [5.41, 5.74) is 1.37. The number of nitrogens with zero attached hydrogens (tertiary/aromatic N) is 3. The Balaban J connectivity index is 1.54. The molecule has 1 aliphatic rings. The van der Waals surface area contributed by atoms with Gasteiger partial charge in [-0.2, -0.15) is 0 Å². The lowest BCUT2D eigenvalue weighted by Gasteiger charge is -2.31. The summed E-state index contributed by atoms with van der Waals surface area (Å²) in [7, 11) is 0. The minimum atomic E-state index is -0.474. The van der Waals surface area contributed by atoms with E-state index in [4.69, 9.17) is 0 Å². The number of hydrogen-bond acceptors (Lipinski definition) is 5. The molecule has 0 atom stereocenters. The Kier molecular flexibility index (Phi) is 5.98. The summed E-state index contributed by atoms with van der Waals surface area (Å²) in [6.07, 6.45) is 2.75. The normalized spacial score (nSPS) is 14.5. The van der Waals surface area contributed by atoms with Gasteiger partial charge in [0.25, 0.3) is 5.69 Å². The van der Waals surface area contributed by atoms with E-state index in [0.717, 1.165) is 5.56 Å². The lowest BCUT2D eigenvalue weighted by atomic mass is 9.95. The van der Waals surface area contributed by atoms with E-state index in [1.54, 1.807) is 29.3 Å². The number of benzene rings is 1. The molecule has 0 bridgehead atoms. The van der Waals surface area contributed by atoms with Crippen LogP contribution in [0.5, 0.6) is 0 Å². The van der Waals surface area contributed by atoms with Crippen molar-refractivity contribution >= 4 is 23.3 Å². The van der Waals surface area contributed by atoms with Crippen LogP contribution in [-0.4, -0.2) is 39.7 Å². The van der Waals surface area contributed by atoms with Crippen LogP contribution in [-0.2, 0) is 16.0 Å². The van der Waals surface area contributed by atoms with Gasteiger partial charge in [0.1, 0.15) is 5.82 Å². The number of aromatic nitrogens is 1. The maximum atomic E-state index is 12.5. The molecule has 0 saturated carbocycles. The van der Waals surface area contributed by atoms with Crippen LogP contribution in [0, 0.1) is 23.0 Å². The highest BCUT2D eigenvalue weighted by atomic mass is 16.6. The Labute approximate surface area is 162 Å². The van der Waals surface area contributed by atoms with E-state index in [1.165, 1.54) is 6.07 Å². The minimum absolute atomic E-state index is 0.0127. The maximum Gasteiger partial charge on any atom is 0.273 e. The number of nitro groups is 1. The molecule has 3 rings (SSSR count). The van der Waals surface area contributed by atoms with Crippen molar-refractivity contribution in [3.05, 3.63) is 63.8 Å². The van der Waals surface area contributed by atoms with Crippen molar-refractivity contribution in [2.24, 2.45) is 5.92 Å². The first kappa shape index (κ1) is 19.5. The second-order valence-electron chi connectivity index (χ2n) is 6.93. The number of rotatable bonds is 5. The Morgan fingerprint density at radius 3 is 2.64 bits per heavy atom. The Bertz CT molecular complexity index is 891. The van der Waals surface area contributed by atoms with Gasteiger partial charge in [0.2, 0.25) is 11.8 Å². The molecule has 1 fully saturated rings. The molecule has 0 spiro atoms. The lowest BCUT2D eigenvalue weighted by molar-refractivity contribution is -0.385. The number of amides is 2. The van der Waals surface area contributed by atoms with Crippen molar-refractivity contribution in [2.45, 2.75) is 26.2 Å². The standard InChI is InChI=1S/C20H22N4O4/c1-14-6-9-21-18(12-14)22-20(26)15-7-10-23(11-8-15)19(25)13-16-4-2-3-5-17(16)24(27)28/h2-6,9,12,15H,7-8,10-11,13H2,1H3,(H,21,22,26). The van der Waals surface area contributed by atoms with Gasteiger partial charge in [0.05, 0.1) is 11.3 Å². The van der Waals surface area contributed by atoms with Gasteiger partial charge in [0, 0.05) is 36.8 Å². The average Bonchev–Trinajstić information content (AvgIpc) is 2.68. The third-order valence-electron chi connectivity index (χ3n) is 4.92. The highest BCUT2D eigenvalue weighted by molar-refractivity contribution is 5.92. The molecule has 1 aromatic heterocycles. The zero-order valence-electron chi connectivity index (χ0n) is 15.6. The van der Waals surface area contributed by atoms with E-state index < -0.39 is 4.92 Å². The molecule has 2 heterocycles. The van der Waals surface area contributed by atoms with Gasteiger partial charge in [-0.15, -0.1) is 0 Å². The maximum absolute atomic E-state index is 12.5. The van der Waals surface area contributed by atoms with E-state index in [0.29, 0.717) is 37.3 Å². The van der Waals surface area contributed by atoms with Crippen LogP contribution in [0.3, 0.4) is 0 Å². The van der Waals surface area contributed by atoms with Crippen LogP contribution in [0.4, 0.5) is 11.5 Å². The number of carbonyl (C=O) groups excluding carboxylic acids is 2. The van der Waals surface area contributed by atoms with Crippen LogP contribution in [0.25, 0.3) is 0 Å². The molecule has 28 heavy (non-hydrogen) atoms. The zero-order chi connectivity index (χ0) is 20.1. The number of anilines is 1. The van der Waals surface area contributed by atoms with Gasteiger partial charge in [0.15, 0.2) is 0 Å². The smallest absolute Gasteiger partial charge is 0.273 e. The summed E-state index contributed by atoms with van der Waals surface area (Å²) >= 11 is 0. The van der Waals surface area contributed by atoms with Crippen LogP contribution in [0.2, 0.25) is 0 Å². The van der Waals surface area contributed by atoms with Crippen LogP contribution >= 0.6 is 0 Å². The van der Waals surface area contributed by atoms with Crippen molar-refractivity contribution in [2.75, 3.05) is 18.4 Å². The molecule has 0 radical (unpaired) electrons. The fraction of sp³-hybridized carbons (Fsp3) is 0.350. The second-order valence-corrected chi connectivity index (χ2v) is 6.93. The van der Waals surface area contributed by atoms with Crippen molar-refractivity contribution in [1.82, 2.24) is 9.88 Å². The molecule has 0 aliphatic carbocycles. The summed E-state index contributed by atoms with van der Waals surface area (Å²) in [6, 6.07) is 9.94. The Morgan fingerprint density at radius 1 is 1.25 bits per heavy atom. The molecule has 2 aromatic rings. The molecule has 1 N–H and O–H groups in total. The summed E-state index contributed by atoms with van der Waals surface area (Å²) in [6.45, 7) is 2.84. The molecule has 2 amide bonds. The van der Waals surface area contributed by atoms with E-state index in [9.17, 15) is 19.7 Å². The fourth-order valence-electron chi connectivity index (χ4n) is 3.34. The van der Waals surface area contributed by atoms with E-state index in [2.05, 4.69) is 10.3 Å². The van der Waals surface area contributed by atoms with Crippen LogP contribution in [0.1, 0.15) is 24.0 Å². The number of pyridine rings is 1. The summed E-state index contributed by atoms with van der Waals surface area (Å²) < 4.78 is 0. The molecular formula is C20H22N4O4. The lowest BCUT2D eigenvalue weighted by Crippen LogP contribution is -2.42. The highest BCUT2D eigenvalue weighted by Crippen LogP contribution is 2.22. The van der Waals surface area contributed by atoms with Gasteiger partial charge in [-0.3, -0.25) is 19.7 Å².